The number of hydrogen-bond donors (Lipinski definition) is 4. The number of aliphatic hydroxyl groups excluding tert-OH is 2. The number of nitrogens with one attached hydrogen (secondary N) is 1. The van der Waals surface area contributed by atoms with E-state index in [1.54, 1.807) is 6.92 Å². The van der Waals surface area contributed by atoms with Crippen LogP contribution in [0.4, 0.5) is 0 Å². The van der Waals surface area contributed by atoms with Crippen LogP contribution in [-0.2, 0) is 10.3 Å². The molecule has 1 aliphatic rings. The van der Waals surface area contributed by atoms with Gasteiger partial charge in [-0.2, -0.15) is 10.4 Å². The second kappa shape index (κ2) is 4.87. The molecule has 0 unspecified atom stereocenters. The van der Waals surface area contributed by atoms with Crippen LogP contribution in [-0.4, -0.2) is 54.3 Å². The monoisotopic (exact) mass is 320 g/mol. The van der Waals surface area contributed by atoms with Crippen LogP contribution < -0.4 is 5.56 Å². The minimum absolute atomic E-state index is 0.101. The largest absolute Gasteiger partial charge is 0.394 e. The molecule has 1 fully saturated rings. The lowest BCUT2D eigenvalue weighted by Crippen LogP contribution is -2.52. The molecule has 0 radical (unpaired) electrons. The van der Waals surface area contributed by atoms with E-state index in [-0.39, 0.29) is 11.2 Å². The average Bonchev–Trinajstić information content (AvgIpc) is 2.99. The standard InChI is InChI=1S/C14H16N4O5/c1-7-16-12(21)8-3-4-10(18(8)17-7)14(6-15)13(2,22)11(20)9(5-19)23-14/h3-4,9,11,19-20,22H,5H2,1-2H3,(H,16,17,21)/t9-,11-,13-,14+/m1/s1. The molecule has 23 heavy (non-hydrogen) atoms. The Bertz CT molecular complexity index is 864. The summed E-state index contributed by atoms with van der Waals surface area (Å²) < 4.78 is 6.73. The number of H-pyrrole nitrogens is 1. The molecule has 1 saturated heterocycles. The van der Waals surface area contributed by atoms with Gasteiger partial charge in [-0.3, -0.25) is 4.79 Å². The highest BCUT2D eigenvalue weighted by atomic mass is 16.6. The van der Waals surface area contributed by atoms with Crippen molar-refractivity contribution >= 4 is 5.52 Å². The highest BCUT2D eigenvalue weighted by Crippen LogP contribution is 2.46. The summed E-state index contributed by atoms with van der Waals surface area (Å²) in [5, 5.41) is 44.0. The molecule has 9 heteroatoms. The molecular formula is C14H16N4O5. The first kappa shape index (κ1) is 15.6. The third kappa shape index (κ3) is 1.87. The summed E-state index contributed by atoms with van der Waals surface area (Å²) in [4.78, 5) is 14.5. The van der Waals surface area contributed by atoms with Crippen molar-refractivity contribution in [2.75, 3.05) is 6.61 Å². The number of ether oxygens (including phenoxy) is 1. The van der Waals surface area contributed by atoms with Gasteiger partial charge in [0.15, 0.2) is 0 Å². The number of hydrogen-bond acceptors (Lipinski definition) is 7. The molecule has 3 rings (SSSR count). The molecule has 0 amide bonds. The van der Waals surface area contributed by atoms with Crippen LogP contribution in [0.5, 0.6) is 0 Å². The van der Waals surface area contributed by atoms with E-state index < -0.39 is 35.6 Å². The first-order chi connectivity index (χ1) is 10.8. The minimum Gasteiger partial charge on any atom is -0.394 e. The van der Waals surface area contributed by atoms with Crippen molar-refractivity contribution in [2.24, 2.45) is 0 Å². The summed E-state index contributed by atoms with van der Waals surface area (Å²) in [5.74, 6) is 0.310. The van der Waals surface area contributed by atoms with E-state index in [2.05, 4.69) is 10.1 Å². The lowest BCUT2D eigenvalue weighted by molar-refractivity contribution is -0.109. The van der Waals surface area contributed by atoms with Crippen molar-refractivity contribution < 1.29 is 20.1 Å². The molecule has 9 nitrogen and oxygen atoms in total. The van der Waals surface area contributed by atoms with E-state index in [1.807, 2.05) is 6.07 Å². The van der Waals surface area contributed by atoms with Crippen molar-refractivity contribution in [3.8, 4) is 6.07 Å². The Hall–Kier alpha value is -2.25. The predicted octanol–water partition coefficient (Wildman–Crippen LogP) is -1.45. The smallest absolute Gasteiger partial charge is 0.275 e. The van der Waals surface area contributed by atoms with Crippen molar-refractivity contribution in [3.63, 3.8) is 0 Å². The van der Waals surface area contributed by atoms with Crippen molar-refractivity contribution in [2.45, 2.75) is 37.3 Å². The van der Waals surface area contributed by atoms with Crippen LogP contribution in [0.2, 0.25) is 0 Å². The molecule has 3 heterocycles. The molecule has 0 saturated carbocycles. The van der Waals surface area contributed by atoms with Gasteiger partial charge in [0.1, 0.15) is 35.2 Å². The Morgan fingerprint density at radius 2 is 2.26 bits per heavy atom. The quantitative estimate of drug-likeness (QED) is 0.530. The molecular weight excluding hydrogens is 304 g/mol. The Kier molecular flexibility index (Phi) is 3.31. The summed E-state index contributed by atoms with van der Waals surface area (Å²) >= 11 is 0. The zero-order chi connectivity index (χ0) is 17.0. The topological polar surface area (TPSA) is 144 Å². The Morgan fingerprint density at radius 3 is 2.83 bits per heavy atom. The van der Waals surface area contributed by atoms with Crippen molar-refractivity contribution in [1.29, 1.82) is 5.26 Å². The summed E-state index contributed by atoms with van der Waals surface area (Å²) in [6, 6.07) is 4.75. The molecule has 2 aromatic rings. The Labute approximate surface area is 130 Å². The number of aromatic nitrogens is 3. The lowest BCUT2D eigenvalue weighted by atomic mass is 9.80. The van der Waals surface area contributed by atoms with Gasteiger partial charge < -0.3 is 25.0 Å². The molecule has 0 bridgehead atoms. The van der Waals surface area contributed by atoms with Crippen LogP contribution in [0, 0.1) is 18.3 Å². The fraction of sp³-hybridized carbons (Fsp3) is 0.500. The minimum atomic E-state index is -2.01. The average molecular weight is 320 g/mol. The number of aliphatic hydroxyl groups is 3. The Balaban J connectivity index is 2.32. The summed E-state index contributed by atoms with van der Waals surface area (Å²) in [5.41, 5.74) is -4.14. The van der Waals surface area contributed by atoms with Gasteiger partial charge in [0, 0.05) is 0 Å². The third-order valence-corrected chi connectivity index (χ3v) is 4.30. The van der Waals surface area contributed by atoms with Crippen LogP contribution in [0.25, 0.3) is 5.52 Å². The fourth-order valence-corrected chi connectivity index (χ4v) is 3.01. The Morgan fingerprint density at radius 1 is 1.57 bits per heavy atom. The van der Waals surface area contributed by atoms with Crippen LogP contribution in [0.3, 0.4) is 0 Å². The molecule has 122 valence electrons. The SMILES string of the molecule is Cc1nn2c([C@]3(C#N)O[C@H](CO)[C@@H](O)[C@@]3(C)O)ccc2c(=O)[nH]1. The van der Waals surface area contributed by atoms with Gasteiger partial charge in [-0.05, 0) is 26.0 Å². The van der Waals surface area contributed by atoms with Gasteiger partial charge >= 0.3 is 0 Å². The summed E-state index contributed by atoms with van der Waals surface area (Å²) in [6.07, 6.45) is -2.63. The van der Waals surface area contributed by atoms with Crippen LogP contribution >= 0.6 is 0 Å². The number of fused-ring (bicyclic) bond motifs is 1. The maximum absolute atomic E-state index is 12.0. The lowest BCUT2D eigenvalue weighted by Gasteiger charge is -2.33. The van der Waals surface area contributed by atoms with E-state index in [9.17, 15) is 25.4 Å². The van der Waals surface area contributed by atoms with E-state index >= 15 is 0 Å². The summed E-state index contributed by atoms with van der Waals surface area (Å²) in [7, 11) is 0. The number of nitriles is 1. The van der Waals surface area contributed by atoms with Crippen molar-refractivity contribution in [1.82, 2.24) is 14.6 Å². The summed E-state index contributed by atoms with van der Waals surface area (Å²) in [6.45, 7) is 2.25. The van der Waals surface area contributed by atoms with Crippen molar-refractivity contribution in [3.05, 3.63) is 34.0 Å². The van der Waals surface area contributed by atoms with Crippen LogP contribution in [0.15, 0.2) is 16.9 Å². The van der Waals surface area contributed by atoms with Crippen LogP contribution in [0.1, 0.15) is 18.4 Å². The van der Waals surface area contributed by atoms with Gasteiger partial charge in [-0.25, -0.2) is 4.52 Å². The third-order valence-electron chi connectivity index (χ3n) is 4.30. The number of aromatic amines is 1. The maximum Gasteiger partial charge on any atom is 0.275 e. The van der Waals surface area contributed by atoms with E-state index in [4.69, 9.17) is 4.74 Å². The zero-order valence-corrected chi connectivity index (χ0v) is 12.5. The zero-order valence-electron chi connectivity index (χ0n) is 12.5. The molecule has 0 aromatic carbocycles. The number of nitrogens with zero attached hydrogens (tertiary/aromatic N) is 3. The second-order valence-electron chi connectivity index (χ2n) is 5.78. The van der Waals surface area contributed by atoms with Gasteiger partial charge in [-0.15, -0.1) is 0 Å². The molecule has 1 aliphatic heterocycles. The maximum atomic E-state index is 12.0. The predicted molar refractivity (Wildman–Crippen MR) is 76.4 cm³/mol. The van der Waals surface area contributed by atoms with E-state index in [0.717, 1.165) is 0 Å². The molecule has 4 N–H and O–H groups in total. The highest BCUT2D eigenvalue weighted by Gasteiger charge is 2.65. The normalized spacial score (nSPS) is 33.9. The first-order valence-electron chi connectivity index (χ1n) is 6.98. The van der Waals surface area contributed by atoms with Gasteiger partial charge in [0.2, 0.25) is 5.60 Å². The van der Waals surface area contributed by atoms with E-state index in [0.29, 0.717) is 5.82 Å². The number of aryl methyl sites for hydroxylation is 1. The molecule has 2 aromatic heterocycles. The fourth-order valence-electron chi connectivity index (χ4n) is 3.01. The number of rotatable bonds is 2. The van der Waals surface area contributed by atoms with E-state index in [1.165, 1.54) is 23.6 Å². The van der Waals surface area contributed by atoms with Gasteiger partial charge in [0.05, 0.1) is 12.3 Å². The van der Waals surface area contributed by atoms with Gasteiger partial charge in [-0.1, -0.05) is 0 Å². The molecule has 0 aliphatic carbocycles. The second-order valence-corrected chi connectivity index (χ2v) is 5.78. The molecule has 0 spiro atoms. The first-order valence-corrected chi connectivity index (χ1v) is 6.98. The highest BCUT2D eigenvalue weighted by molar-refractivity contribution is 5.50. The van der Waals surface area contributed by atoms with Gasteiger partial charge in [0.25, 0.3) is 5.56 Å². The molecule has 4 atom stereocenters.